The highest BCUT2D eigenvalue weighted by atomic mass is 16.3. The van der Waals surface area contributed by atoms with Gasteiger partial charge in [0.2, 0.25) is 5.91 Å². The van der Waals surface area contributed by atoms with Crippen molar-refractivity contribution < 1.29 is 9.90 Å². The van der Waals surface area contributed by atoms with E-state index < -0.39 is 0 Å². The fraction of sp³-hybridized carbons (Fsp3) is 0.625. The lowest BCUT2D eigenvalue weighted by Crippen LogP contribution is -2.38. The van der Waals surface area contributed by atoms with Gasteiger partial charge in [-0.05, 0) is 43.2 Å². The predicted molar refractivity (Wildman–Crippen MR) is 80.4 cm³/mol. The number of carbonyl (C=O) groups is 1. The number of aliphatic hydroxyl groups excluding tert-OH is 1. The molecular formula is C16H26N2O2. The van der Waals surface area contributed by atoms with E-state index in [1.54, 1.807) is 6.20 Å². The highest BCUT2D eigenvalue weighted by Gasteiger charge is 2.25. The van der Waals surface area contributed by atoms with E-state index in [9.17, 15) is 4.79 Å². The molecule has 0 aliphatic rings. The number of nitrogens with one attached hydrogen (secondary N) is 1. The molecule has 0 radical (unpaired) electrons. The van der Waals surface area contributed by atoms with Crippen molar-refractivity contribution in [2.24, 2.45) is 5.41 Å². The summed E-state index contributed by atoms with van der Waals surface area (Å²) < 4.78 is 0. The largest absolute Gasteiger partial charge is 0.396 e. The second-order valence-corrected chi connectivity index (χ2v) is 5.44. The minimum Gasteiger partial charge on any atom is -0.396 e. The second-order valence-electron chi connectivity index (χ2n) is 5.44. The van der Waals surface area contributed by atoms with Crippen LogP contribution in [-0.2, 0) is 11.2 Å². The van der Waals surface area contributed by atoms with E-state index in [4.69, 9.17) is 5.11 Å². The number of aryl methyl sites for hydroxylation is 1. The smallest absolute Gasteiger partial charge is 0.224 e. The molecule has 0 atom stereocenters. The van der Waals surface area contributed by atoms with Gasteiger partial charge in [0, 0.05) is 25.0 Å². The van der Waals surface area contributed by atoms with Crippen molar-refractivity contribution >= 4 is 5.91 Å². The summed E-state index contributed by atoms with van der Waals surface area (Å²) in [5, 5.41) is 12.2. The molecule has 1 aromatic heterocycles. The first kappa shape index (κ1) is 16.6. The zero-order valence-corrected chi connectivity index (χ0v) is 12.8. The van der Waals surface area contributed by atoms with Crippen molar-refractivity contribution in [3.05, 3.63) is 29.6 Å². The fourth-order valence-corrected chi connectivity index (χ4v) is 2.32. The number of carbonyl (C=O) groups excluding carboxylic acids is 1. The highest BCUT2D eigenvalue weighted by molar-refractivity contribution is 5.78. The van der Waals surface area contributed by atoms with Gasteiger partial charge in [-0.25, -0.2) is 0 Å². The Morgan fingerprint density at radius 1 is 1.35 bits per heavy atom. The summed E-state index contributed by atoms with van der Waals surface area (Å²) >= 11 is 0. The molecule has 1 rings (SSSR count). The Hall–Kier alpha value is -1.42. The van der Waals surface area contributed by atoms with Crippen LogP contribution in [0.5, 0.6) is 0 Å². The van der Waals surface area contributed by atoms with Crippen LogP contribution in [0.2, 0.25) is 0 Å². The van der Waals surface area contributed by atoms with Gasteiger partial charge < -0.3 is 10.4 Å². The van der Waals surface area contributed by atoms with Crippen LogP contribution in [0.3, 0.4) is 0 Å². The molecular weight excluding hydrogens is 252 g/mol. The van der Waals surface area contributed by atoms with Gasteiger partial charge in [-0.2, -0.15) is 0 Å². The van der Waals surface area contributed by atoms with E-state index in [1.165, 1.54) is 0 Å². The van der Waals surface area contributed by atoms with Crippen LogP contribution in [0, 0.1) is 12.3 Å². The molecule has 1 aromatic rings. The number of aromatic nitrogens is 1. The molecule has 0 fully saturated rings. The summed E-state index contributed by atoms with van der Waals surface area (Å²) in [5.41, 5.74) is 1.89. The standard InChI is InChI=1S/C16H26N2O2/c1-4-16(5-2,8-9-19)12-18-15(20)10-14-7-6-13(3)17-11-14/h6-7,11,19H,4-5,8-10,12H2,1-3H3,(H,18,20). The third-order valence-electron chi connectivity index (χ3n) is 4.14. The van der Waals surface area contributed by atoms with E-state index in [1.807, 2.05) is 19.1 Å². The lowest BCUT2D eigenvalue weighted by Gasteiger charge is -2.31. The molecule has 2 N–H and O–H groups in total. The predicted octanol–water partition coefficient (Wildman–Crippen LogP) is 2.24. The van der Waals surface area contributed by atoms with Crippen LogP contribution in [0.15, 0.2) is 18.3 Å². The molecule has 0 saturated heterocycles. The summed E-state index contributed by atoms with van der Waals surface area (Å²) in [4.78, 5) is 16.2. The third kappa shape index (κ3) is 4.93. The number of hydrogen-bond donors (Lipinski definition) is 2. The summed E-state index contributed by atoms with van der Waals surface area (Å²) in [6.07, 6.45) is 4.74. The van der Waals surface area contributed by atoms with Crippen molar-refractivity contribution in [2.75, 3.05) is 13.2 Å². The molecule has 0 bridgehead atoms. The van der Waals surface area contributed by atoms with Crippen LogP contribution in [0.1, 0.15) is 44.4 Å². The Balaban J connectivity index is 2.51. The lowest BCUT2D eigenvalue weighted by molar-refractivity contribution is -0.121. The van der Waals surface area contributed by atoms with Gasteiger partial charge in [0.15, 0.2) is 0 Å². The number of amides is 1. The first-order valence-corrected chi connectivity index (χ1v) is 7.34. The van der Waals surface area contributed by atoms with Crippen LogP contribution in [0.4, 0.5) is 0 Å². The quantitative estimate of drug-likeness (QED) is 0.766. The van der Waals surface area contributed by atoms with Crippen molar-refractivity contribution in [1.82, 2.24) is 10.3 Å². The van der Waals surface area contributed by atoms with Gasteiger partial charge in [-0.1, -0.05) is 19.9 Å². The van der Waals surface area contributed by atoms with Gasteiger partial charge >= 0.3 is 0 Å². The summed E-state index contributed by atoms with van der Waals surface area (Å²) in [5.74, 6) is 0.0138. The van der Waals surface area contributed by atoms with E-state index in [-0.39, 0.29) is 17.9 Å². The molecule has 1 heterocycles. The van der Waals surface area contributed by atoms with Gasteiger partial charge in [0.05, 0.1) is 6.42 Å². The average molecular weight is 278 g/mol. The van der Waals surface area contributed by atoms with Gasteiger partial charge in [-0.3, -0.25) is 9.78 Å². The topological polar surface area (TPSA) is 62.2 Å². The fourth-order valence-electron chi connectivity index (χ4n) is 2.32. The Morgan fingerprint density at radius 3 is 2.55 bits per heavy atom. The Labute approximate surface area is 121 Å². The monoisotopic (exact) mass is 278 g/mol. The highest BCUT2D eigenvalue weighted by Crippen LogP contribution is 2.29. The van der Waals surface area contributed by atoms with Gasteiger partial charge in [-0.15, -0.1) is 0 Å². The van der Waals surface area contributed by atoms with Crippen molar-refractivity contribution in [3.63, 3.8) is 0 Å². The molecule has 0 aliphatic heterocycles. The zero-order valence-electron chi connectivity index (χ0n) is 12.8. The maximum atomic E-state index is 12.0. The van der Waals surface area contributed by atoms with E-state index in [0.717, 1.165) is 30.5 Å². The lowest BCUT2D eigenvalue weighted by atomic mass is 9.79. The number of hydrogen-bond acceptors (Lipinski definition) is 3. The zero-order chi connectivity index (χ0) is 15.0. The summed E-state index contributed by atoms with van der Waals surface area (Å²) in [6, 6.07) is 3.85. The van der Waals surface area contributed by atoms with Crippen LogP contribution < -0.4 is 5.32 Å². The van der Waals surface area contributed by atoms with E-state index in [0.29, 0.717) is 13.0 Å². The molecule has 4 heteroatoms. The molecule has 0 unspecified atom stereocenters. The average Bonchev–Trinajstić information content (AvgIpc) is 2.46. The molecule has 0 aromatic carbocycles. The third-order valence-corrected chi connectivity index (χ3v) is 4.14. The van der Waals surface area contributed by atoms with E-state index in [2.05, 4.69) is 24.1 Å². The minimum atomic E-state index is 0.00986. The van der Waals surface area contributed by atoms with Crippen molar-refractivity contribution in [2.45, 2.75) is 46.5 Å². The Kier molecular flexibility index (Phi) is 6.65. The number of rotatable bonds is 8. The van der Waals surface area contributed by atoms with Gasteiger partial charge in [0.25, 0.3) is 0 Å². The van der Waals surface area contributed by atoms with Crippen LogP contribution in [0.25, 0.3) is 0 Å². The van der Waals surface area contributed by atoms with Crippen LogP contribution in [-0.4, -0.2) is 29.1 Å². The minimum absolute atomic E-state index is 0.00986. The number of nitrogens with zero attached hydrogens (tertiary/aromatic N) is 1. The normalized spacial score (nSPS) is 11.4. The Morgan fingerprint density at radius 2 is 2.05 bits per heavy atom. The SMILES string of the molecule is CCC(CC)(CCO)CNC(=O)Cc1ccc(C)nc1. The summed E-state index contributed by atoms with van der Waals surface area (Å²) in [7, 11) is 0. The second kappa shape index (κ2) is 8.00. The molecule has 0 spiro atoms. The van der Waals surface area contributed by atoms with E-state index >= 15 is 0 Å². The molecule has 112 valence electrons. The first-order valence-electron chi connectivity index (χ1n) is 7.34. The maximum absolute atomic E-state index is 12.0. The molecule has 20 heavy (non-hydrogen) atoms. The van der Waals surface area contributed by atoms with Crippen LogP contribution >= 0.6 is 0 Å². The number of aliphatic hydroxyl groups is 1. The van der Waals surface area contributed by atoms with Gasteiger partial charge in [0.1, 0.15) is 0 Å². The Bertz CT molecular complexity index is 411. The maximum Gasteiger partial charge on any atom is 0.224 e. The van der Waals surface area contributed by atoms with Crippen molar-refractivity contribution in [1.29, 1.82) is 0 Å². The molecule has 0 aliphatic carbocycles. The summed E-state index contributed by atoms with van der Waals surface area (Å²) in [6.45, 7) is 6.93. The molecule has 1 amide bonds. The number of pyridine rings is 1. The molecule has 0 saturated carbocycles. The van der Waals surface area contributed by atoms with Crippen molar-refractivity contribution in [3.8, 4) is 0 Å². The molecule has 4 nitrogen and oxygen atoms in total. The first-order chi connectivity index (χ1) is 9.55.